The summed E-state index contributed by atoms with van der Waals surface area (Å²) in [5.41, 5.74) is 0. The van der Waals surface area contributed by atoms with Gasteiger partial charge in [-0.25, -0.2) is 0 Å². The summed E-state index contributed by atoms with van der Waals surface area (Å²) < 4.78 is 22.3. The fraction of sp³-hybridized carbons (Fsp3) is 1.00. The Bertz CT molecular complexity index is 242. The summed E-state index contributed by atoms with van der Waals surface area (Å²) in [7, 11) is -1.30. The van der Waals surface area contributed by atoms with Crippen LogP contribution in [0.4, 0.5) is 0 Å². The molecule has 1 unspecified atom stereocenters. The molecule has 6 heteroatoms. The fourth-order valence-electron chi connectivity index (χ4n) is 2.42. The van der Waals surface area contributed by atoms with Crippen LogP contribution in [-0.2, 0) is 18.3 Å². The first-order valence-electron chi connectivity index (χ1n) is 7.51. The smallest absolute Gasteiger partial charge is 0.173 e. The third kappa shape index (κ3) is 13.3. The van der Waals surface area contributed by atoms with Crippen LogP contribution in [0.15, 0.2) is 0 Å². The quantitative estimate of drug-likeness (QED) is 0.408. The number of rotatable bonds is 12. The zero-order valence-corrected chi connectivity index (χ0v) is 16.5. The van der Waals surface area contributed by atoms with Gasteiger partial charge in [-0.2, -0.15) is 0 Å². The van der Waals surface area contributed by atoms with Crippen LogP contribution < -0.4 is 0 Å². The Balaban J connectivity index is 3.69. The summed E-state index contributed by atoms with van der Waals surface area (Å²) in [6.07, 6.45) is 0. The molecule has 0 saturated heterocycles. The van der Waals surface area contributed by atoms with E-state index in [9.17, 15) is 0 Å². The molecule has 0 aromatic carbocycles. The molecular formula is C14H34O4Si2. The number of hydrogen-bond acceptors (Lipinski definition) is 4. The van der Waals surface area contributed by atoms with Crippen LogP contribution in [0, 0.1) is 5.92 Å². The molecule has 1 atom stereocenters. The SMILES string of the molecule is COCCOCCOCC(C)C[Si](C)(C)O[Si](C)(C)C. The minimum Gasteiger partial charge on any atom is -0.456 e. The van der Waals surface area contributed by atoms with E-state index in [0.29, 0.717) is 32.3 Å². The van der Waals surface area contributed by atoms with Crippen molar-refractivity contribution in [2.75, 3.05) is 40.1 Å². The van der Waals surface area contributed by atoms with Crippen LogP contribution in [0.3, 0.4) is 0 Å². The lowest BCUT2D eigenvalue weighted by atomic mass is 10.2. The van der Waals surface area contributed by atoms with Crippen LogP contribution in [0.25, 0.3) is 0 Å². The van der Waals surface area contributed by atoms with Gasteiger partial charge >= 0.3 is 0 Å². The highest BCUT2D eigenvalue weighted by atomic mass is 28.4. The molecule has 0 aromatic rings. The van der Waals surface area contributed by atoms with Crippen molar-refractivity contribution in [2.45, 2.75) is 45.7 Å². The van der Waals surface area contributed by atoms with Gasteiger partial charge in [0.05, 0.1) is 26.4 Å². The summed E-state index contributed by atoms with van der Waals surface area (Å²) in [5, 5.41) is 0. The van der Waals surface area contributed by atoms with Crippen molar-refractivity contribution in [1.82, 2.24) is 0 Å². The molecule has 0 heterocycles. The third-order valence-corrected chi connectivity index (χ3v) is 8.97. The maximum atomic E-state index is 6.35. The van der Waals surface area contributed by atoms with E-state index in [1.54, 1.807) is 7.11 Å². The van der Waals surface area contributed by atoms with E-state index in [-0.39, 0.29) is 0 Å². The Morgan fingerprint density at radius 2 is 1.40 bits per heavy atom. The second-order valence-corrected chi connectivity index (χ2v) is 15.9. The molecule has 4 nitrogen and oxygen atoms in total. The van der Waals surface area contributed by atoms with Gasteiger partial charge in [0, 0.05) is 13.7 Å². The van der Waals surface area contributed by atoms with E-state index in [2.05, 4.69) is 39.7 Å². The summed E-state index contributed by atoms with van der Waals surface area (Å²) in [6, 6.07) is 1.15. The largest absolute Gasteiger partial charge is 0.456 e. The number of methoxy groups -OCH3 is 1. The third-order valence-electron chi connectivity index (χ3n) is 2.63. The lowest BCUT2D eigenvalue weighted by Gasteiger charge is -2.33. The molecule has 122 valence electrons. The van der Waals surface area contributed by atoms with Gasteiger partial charge in [0.1, 0.15) is 0 Å². The fourth-order valence-corrected chi connectivity index (χ4v) is 11.2. The summed E-state index contributed by atoms with van der Waals surface area (Å²) in [6.45, 7) is 17.0. The summed E-state index contributed by atoms with van der Waals surface area (Å²) in [5.74, 6) is 0.548. The zero-order chi connectivity index (χ0) is 15.6. The van der Waals surface area contributed by atoms with Crippen molar-refractivity contribution < 1.29 is 18.3 Å². The lowest BCUT2D eigenvalue weighted by Crippen LogP contribution is -2.43. The topological polar surface area (TPSA) is 36.9 Å². The molecule has 0 rings (SSSR count). The van der Waals surface area contributed by atoms with Crippen molar-refractivity contribution in [2.24, 2.45) is 5.92 Å². The molecule has 0 bridgehead atoms. The van der Waals surface area contributed by atoms with Crippen molar-refractivity contribution in [3.05, 3.63) is 0 Å². The molecule has 0 N–H and O–H groups in total. The summed E-state index contributed by atoms with van der Waals surface area (Å²) >= 11 is 0. The predicted octanol–water partition coefficient (Wildman–Crippen LogP) is 3.36. The van der Waals surface area contributed by atoms with E-state index in [0.717, 1.165) is 12.7 Å². The molecule has 0 radical (unpaired) electrons. The molecule has 0 aliphatic carbocycles. The Hall–Kier alpha value is 0.274. The van der Waals surface area contributed by atoms with Gasteiger partial charge in [-0.3, -0.25) is 0 Å². The van der Waals surface area contributed by atoms with Gasteiger partial charge in [0.15, 0.2) is 16.6 Å². The molecule has 0 amide bonds. The molecule has 0 saturated carbocycles. The first kappa shape index (κ1) is 20.3. The van der Waals surface area contributed by atoms with Crippen molar-refractivity contribution in [3.63, 3.8) is 0 Å². The van der Waals surface area contributed by atoms with Gasteiger partial charge in [0.2, 0.25) is 0 Å². The van der Waals surface area contributed by atoms with Gasteiger partial charge in [-0.15, -0.1) is 0 Å². The molecule has 0 spiro atoms. The van der Waals surface area contributed by atoms with Crippen molar-refractivity contribution >= 4 is 16.6 Å². The van der Waals surface area contributed by atoms with Gasteiger partial charge in [-0.05, 0) is 44.7 Å². The second kappa shape index (κ2) is 10.1. The first-order valence-corrected chi connectivity index (χ1v) is 14.0. The van der Waals surface area contributed by atoms with Crippen LogP contribution in [0.5, 0.6) is 0 Å². The molecular weight excluding hydrogens is 288 g/mol. The normalized spacial score (nSPS) is 14.6. The Morgan fingerprint density at radius 3 is 1.95 bits per heavy atom. The molecule has 0 aliphatic heterocycles. The van der Waals surface area contributed by atoms with Gasteiger partial charge in [0.25, 0.3) is 0 Å². The van der Waals surface area contributed by atoms with E-state index in [1.165, 1.54) is 0 Å². The summed E-state index contributed by atoms with van der Waals surface area (Å²) in [4.78, 5) is 0. The molecule has 0 aromatic heterocycles. The zero-order valence-electron chi connectivity index (χ0n) is 14.5. The average Bonchev–Trinajstić information content (AvgIpc) is 2.23. The van der Waals surface area contributed by atoms with E-state index >= 15 is 0 Å². The highest BCUT2D eigenvalue weighted by molar-refractivity contribution is 6.84. The minimum absolute atomic E-state index is 0.548. The monoisotopic (exact) mass is 322 g/mol. The van der Waals surface area contributed by atoms with Crippen molar-refractivity contribution in [3.8, 4) is 0 Å². The van der Waals surface area contributed by atoms with Crippen LogP contribution in [0.1, 0.15) is 6.92 Å². The van der Waals surface area contributed by atoms with E-state index in [4.69, 9.17) is 18.3 Å². The maximum Gasteiger partial charge on any atom is 0.173 e. The highest BCUT2D eigenvalue weighted by Crippen LogP contribution is 2.22. The first-order chi connectivity index (χ1) is 9.16. The van der Waals surface area contributed by atoms with Crippen LogP contribution in [-0.4, -0.2) is 56.8 Å². The average molecular weight is 323 g/mol. The molecule has 0 fully saturated rings. The minimum atomic E-state index is -1.55. The number of ether oxygens (including phenoxy) is 3. The van der Waals surface area contributed by atoms with Gasteiger partial charge in [-0.1, -0.05) is 6.92 Å². The maximum absolute atomic E-state index is 6.35. The Morgan fingerprint density at radius 1 is 0.850 bits per heavy atom. The van der Waals surface area contributed by atoms with Gasteiger partial charge < -0.3 is 18.3 Å². The van der Waals surface area contributed by atoms with Crippen LogP contribution >= 0.6 is 0 Å². The highest BCUT2D eigenvalue weighted by Gasteiger charge is 2.31. The van der Waals surface area contributed by atoms with E-state index < -0.39 is 16.6 Å². The van der Waals surface area contributed by atoms with Crippen molar-refractivity contribution in [1.29, 1.82) is 0 Å². The standard InChI is InChI=1S/C14H34O4Si2/c1-14(12-17-11-10-16-9-8-15-2)13-20(6,7)18-19(3,4)5/h14H,8-13H2,1-7H3. The lowest BCUT2D eigenvalue weighted by molar-refractivity contribution is 0.0182. The molecule has 0 aliphatic rings. The molecule has 20 heavy (non-hydrogen) atoms. The number of hydrogen-bond donors (Lipinski definition) is 0. The Kier molecular flexibility index (Phi) is 10.2. The Labute approximate surface area is 127 Å². The van der Waals surface area contributed by atoms with E-state index in [1.807, 2.05) is 0 Å². The van der Waals surface area contributed by atoms with Crippen LogP contribution in [0.2, 0.25) is 38.8 Å². The second-order valence-electron chi connectivity index (χ2n) is 6.96. The predicted molar refractivity (Wildman–Crippen MR) is 89.4 cm³/mol.